The Bertz CT molecular complexity index is 376. The van der Waals surface area contributed by atoms with Crippen LogP contribution in [0.15, 0.2) is 0 Å². The summed E-state index contributed by atoms with van der Waals surface area (Å²) in [7, 11) is -0.234. The molecule has 1 fully saturated rings. The van der Waals surface area contributed by atoms with Gasteiger partial charge in [-0.2, -0.15) is 0 Å². The molecule has 1 heterocycles. The van der Waals surface area contributed by atoms with E-state index in [9.17, 15) is 13.2 Å². The smallest absolute Gasteiger partial charge is 0.220 e. The summed E-state index contributed by atoms with van der Waals surface area (Å²) in [5, 5.41) is 5.99. The fourth-order valence-electron chi connectivity index (χ4n) is 2.10. The molecule has 2 N–H and O–H groups in total. The summed E-state index contributed by atoms with van der Waals surface area (Å²) in [4.78, 5) is 11.6. The SMILES string of the molecule is CN(C)S(=O)(=O)CCNC(=O)CCC1CCCNC1. The molecule has 1 atom stereocenters. The highest BCUT2D eigenvalue weighted by Crippen LogP contribution is 2.15. The summed E-state index contributed by atoms with van der Waals surface area (Å²) in [6, 6.07) is 0. The minimum atomic E-state index is -3.22. The maximum atomic E-state index is 11.6. The average molecular weight is 291 g/mol. The van der Waals surface area contributed by atoms with Crippen molar-refractivity contribution in [2.24, 2.45) is 5.92 Å². The Morgan fingerprint density at radius 3 is 2.74 bits per heavy atom. The Morgan fingerprint density at radius 1 is 1.42 bits per heavy atom. The first kappa shape index (κ1) is 16.4. The number of carbonyl (C=O) groups excluding carboxylic acids is 1. The average Bonchev–Trinajstić information content (AvgIpc) is 2.37. The summed E-state index contributed by atoms with van der Waals surface area (Å²) in [5.74, 6) is 0.473. The molecule has 0 bridgehead atoms. The predicted molar refractivity (Wildman–Crippen MR) is 75.3 cm³/mol. The quantitative estimate of drug-likeness (QED) is 0.679. The van der Waals surface area contributed by atoms with Gasteiger partial charge in [0.1, 0.15) is 0 Å². The first-order chi connectivity index (χ1) is 8.92. The second-order valence-electron chi connectivity index (χ2n) is 5.20. The number of carbonyl (C=O) groups is 1. The molecule has 0 radical (unpaired) electrons. The second-order valence-corrected chi connectivity index (χ2v) is 7.50. The van der Waals surface area contributed by atoms with Crippen LogP contribution in [-0.4, -0.2) is 58.1 Å². The van der Waals surface area contributed by atoms with Crippen molar-refractivity contribution in [3.05, 3.63) is 0 Å². The van der Waals surface area contributed by atoms with Crippen LogP contribution in [0.4, 0.5) is 0 Å². The summed E-state index contributed by atoms with van der Waals surface area (Å²) >= 11 is 0. The molecule has 112 valence electrons. The van der Waals surface area contributed by atoms with Crippen molar-refractivity contribution in [2.75, 3.05) is 39.5 Å². The molecule has 6 nitrogen and oxygen atoms in total. The first-order valence-corrected chi connectivity index (χ1v) is 8.40. The molecular weight excluding hydrogens is 266 g/mol. The van der Waals surface area contributed by atoms with Gasteiger partial charge in [0.25, 0.3) is 0 Å². The molecule has 1 rings (SSSR count). The van der Waals surface area contributed by atoms with E-state index in [1.54, 1.807) is 0 Å². The third kappa shape index (κ3) is 6.35. The largest absolute Gasteiger partial charge is 0.355 e. The van der Waals surface area contributed by atoms with E-state index in [1.807, 2.05) is 0 Å². The van der Waals surface area contributed by atoms with Gasteiger partial charge < -0.3 is 10.6 Å². The molecule has 0 aromatic carbocycles. The van der Waals surface area contributed by atoms with Crippen LogP contribution in [-0.2, 0) is 14.8 Å². The third-order valence-electron chi connectivity index (χ3n) is 3.42. The van der Waals surface area contributed by atoms with Crippen LogP contribution in [0.1, 0.15) is 25.7 Å². The maximum Gasteiger partial charge on any atom is 0.220 e. The zero-order valence-electron chi connectivity index (χ0n) is 11.8. The molecule has 0 saturated carbocycles. The van der Waals surface area contributed by atoms with E-state index in [4.69, 9.17) is 0 Å². The number of amides is 1. The number of hydrogen-bond donors (Lipinski definition) is 2. The van der Waals surface area contributed by atoms with Gasteiger partial charge in [-0.3, -0.25) is 4.79 Å². The highest BCUT2D eigenvalue weighted by atomic mass is 32.2. The van der Waals surface area contributed by atoms with E-state index in [-0.39, 0.29) is 18.2 Å². The molecule has 0 aliphatic carbocycles. The summed E-state index contributed by atoms with van der Waals surface area (Å²) in [6.07, 6.45) is 3.70. The van der Waals surface area contributed by atoms with Gasteiger partial charge >= 0.3 is 0 Å². The van der Waals surface area contributed by atoms with Gasteiger partial charge in [-0.1, -0.05) is 0 Å². The van der Waals surface area contributed by atoms with Gasteiger partial charge in [0.05, 0.1) is 5.75 Å². The Kier molecular flexibility index (Phi) is 6.74. The fraction of sp³-hybridized carbons (Fsp3) is 0.917. The zero-order valence-corrected chi connectivity index (χ0v) is 12.6. The molecular formula is C12H25N3O3S. The monoisotopic (exact) mass is 291 g/mol. The lowest BCUT2D eigenvalue weighted by molar-refractivity contribution is -0.121. The van der Waals surface area contributed by atoms with E-state index in [1.165, 1.54) is 31.2 Å². The Balaban J connectivity index is 2.14. The molecule has 1 amide bonds. The number of piperidine rings is 1. The minimum Gasteiger partial charge on any atom is -0.355 e. The highest BCUT2D eigenvalue weighted by molar-refractivity contribution is 7.89. The molecule has 1 saturated heterocycles. The lowest BCUT2D eigenvalue weighted by atomic mass is 9.94. The molecule has 0 aromatic rings. The van der Waals surface area contributed by atoms with E-state index in [2.05, 4.69) is 10.6 Å². The van der Waals surface area contributed by atoms with E-state index >= 15 is 0 Å². The lowest BCUT2D eigenvalue weighted by Gasteiger charge is -2.22. The van der Waals surface area contributed by atoms with Gasteiger partial charge in [-0.25, -0.2) is 12.7 Å². The Hall–Kier alpha value is -0.660. The first-order valence-electron chi connectivity index (χ1n) is 6.79. The highest BCUT2D eigenvalue weighted by Gasteiger charge is 2.16. The van der Waals surface area contributed by atoms with E-state index < -0.39 is 10.0 Å². The van der Waals surface area contributed by atoms with Crippen LogP contribution >= 0.6 is 0 Å². The van der Waals surface area contributed by atoms with Gasteiger partial charge in [-0.15, -0.1) is 0 Å². The number of nitrogens with zero attached hydrogens (tertiary/aromatic N) is 1. The molecule has 1 aliphatic rings. The molecule has 0 spiro atoms. The molecule has 0 aromatic heterocycles. The normalized spacial score (nSPS) is 20.5. The van der Waals surface area contributed by atoms with Crippen LogP contribution in [0.5, 0.6) is 0 Å². The second kappa shape index (κ2) is 7.81. The zero-order chi connectivity index (χ0) is 14.3. The van der Waals surface area contributed by atoms with Crippen LogP contribution in [0.25, 0.3) is 0 Å². The van der Waals surface area contributed by atoms with E-state index in [0.717, 1.165) is 19.5 Å². The van der Waals surface area contributed by atoms with Crippen LogP contribution in [0.3, 0.4) is 0 Å². The van der Waals surface area contributed by atoms with E-state index in [0.29, 0.717) is 12.3 Å². The third-order valence-corrected chi connectivity index (χ3v) is 5.25. The van der Waals surface area contributed by atoms with Gasteiger partial charge in [0, 0.05) is 27.1 Å². The minimum absolute atomic E-state index is 0.0449. The van der Waals surface area contributed by atoms with Crippen molar-refractivity contribution in [2.45, 2.75) is 25.7 Å². The standard InChI is InChI=1S/C12H25N3O3S/c1-15(2)19(17,18)9-8-14-12(16)6-5-11-4-3-7-13-10-11/h11,13H,3-10H2,1-2H3,(H,14,16). The molecule has 7 heteroatoms. The number of rotatable bonds is 7. The van der Waals surface area contributed by atoms with Gasteiger partial charge in [0.15, 0.2) is 0 Å². The van der Waals surface area contributed by atoms with Gasteiger partial charge in [0.2, 0.25) is 15.9 Å². The van der Waals surface area contributed by atoms with Crippen molar-refractivity contribution >= 4 is 15.9 Å². The molecule has 19 heavy (non-hydrogen) atoms. The predicted octanol–water partition coefficient (Wildman–Crippen LogP) is -0.226. The van der Waals surface area contributed by atoms with Gasteiger partial charge in [-0.05, 0) is 38.3 Å². The number of nitrogens with one attached hydrogen (secondary N) is 2. The Morgan fingerprint density at radius 2 is 2.16 bits per heavy atom. The van der Waals surface area contributed by atoms with Crippen LogP contribution in [0, 0.1) is 5.92 Å². The van der Waals surface area contributed by atoms with Crippen molar-refractivity contribution < 1.29 is 13.2 Å². The summed E-state index contributed by atoms with van der Waals surface area (Å²) in [6.45, 7) is 2.25. The number of sulfonamides is 1. The lowest BCUT2D eigenvalue weighted by Crippen LogP contribution is -2.34. The summed E-state index contributed by atoms with van der Waals surface area (Å²) in [5.41, 5.74) is 0. The number of hydrogen-bond acceptors (Lipinski definition) is 4. The fourth-order valence-corrected chi connectivity index (χ4v) is 2.82. The summed E-state index contributed by atoms with van der Waals surface area (Å²) < 4.78 is 24.1. The topological polar surface area (TPSA) is 78.5 Å². The van der Waals surface area contributed by atoms with Crippen LogP contribution < -0.4 is 10.6 Å². The Labute approximate surface area is 116 Å². The van der Waals surface area contributed by atoms with Crippen molar-refractivity contribution in [3.63, 3.8) is 0 Å². The molecule has 1 aliphatic heterocycles. The van der Waals surface area contributed by atoms with Crippen molar-refractivity contribution in [1.29, 1.82) is 0 Å². The maximum absolute atomic E-state index is 11.6. The van der Waals surface area contributed by atoms with Crippen molar-refractivity contribution in [1.82, 2.24) is 14.9 Å². The van der Waals surface area contributed by atoms with Crippen molar-refractivity contribution in [3.8, 4) is 0 Å². The van der Waals surface area contributed by atoms with Crippen LogP contribution in [0.2, 0.25) is 0 Å². The molecule has 1 unspecified atom stereocenters.